The van der Waals surface area contributed by atoms with E-state index >= 15 is 0 Å². The molecule has 2 aromatic carbocycles. The van der Waals surface area contributed by atoms with Gasteiger partial charge in [-0.05, 0) is 61.7 Å². The monoisotopic (exact) mass is 420 g/mol. The van der Waals surface area contributed by atoms with Crippen LogP contribution in [0.4, 0.5) is 5.69 Å². The van der Waals surface area contributed by atoms with Gasteiger partial charge in [-0.3, -0.25) is 9.10 Å². The molecule has 1 N–H and O–H groups in total. The van der Waals surface area contributed by atoms with Crippen LogP contribution in [-0.2, 0) is 19.6 Å². The van der Waals surface area contributed by atoms with Gasteiger partial charge in [0.05, 0.1) is 19.4 Å². The predicted molar refractivity (Wildman–Crippen MR) is 113 cm³/mol. The van der Waals surface area contributed by atoms with Crippen LogP contribution in [0.2, 0.25) is 0 Å². The minimum absolute atomic E-state index is 0.0166. The first-order valence-corrected chi connectivity index (χ1v) is 10.6. The molecule has 0 radical (unpaired) electrons. The molecule has 158 valence electrons. The Morgan fingerprint density at radius 2 is 1.76 bits per heavy atom. The van der Waals surface area contributed by atoms with E-state index in [9.17, 15) is 13.2 Å². The van der Waals surface area contributed by atoms with E-state index in [1.165, 1.54) is 14.2 Å². The molecule has 0 heterocycles. The molecule has 7 nitrogen and oxygen atoms in total. The van der Waals surface area contributed by atoms with E-state index in [1.807, 2.05) is 19.9 Å². The minimum Gasteiger partial charge on any atom is -0.495 e. The van der Waals surface area contributed by atoms with Crippen molar-refractivity contribution in [3.05, 3.63) is 53.1 Å². The van der Waals surface area contributed by atoms with Gasteiger partial charge in [0, 0.05) is 13.7 Å². The highest BCUT2D eigenvalue weighted by molar-refractivity contribution is 7.93. The molecule has 0 aliphatic rings. The first-order chi connectivity index (χ1) is 13.7. The maximum absolute atomic E-state index is 13.6. The lowest BCUT2D eigenvalue weighted by molar-refractivity contribution is -0.119. The second kappa shape index (κ2) is 9.76. The van der Waals surface area contributed by atoms with Crippen LogP contribution in [0.3, 0.4) is 0 Å². The fourth-order valence-electron chi connectivity index (χ4n) is 2.78. The Kier molecular flexibility index (Phi) is 7.64. The van der Waals surface area contributed by atoms with Crippen molar-refractivity contribution in [2.45, 2.75) is 25.7 Å². The van der Waals surface area contributed by atoms with Crippen molar-refractivity contribution >= 4 is 21.6 Å². The first-order valence-electron chi connectivity index (χ1n) is 9.21. The largest absolute Gasteiger partial charge is 0.495 e. The normalized spacial score (nSPS) is 11.2. The summed E-state index contributed by atoms with van der Waals surface area (Å²) >= 11 is 0. The molecule has 0 saturated carbocycles. The Bertz CT molecular complexity index is 973. The maximum atomic E-state index is 13.6. The van der Waals surface area contributed by atoms with Crippen molar-refractivity contribution in [2.75, 3.05) is 38.2 Å². The third kappa shape index (κ3) is 5.48. The molecular formula is C21H28N2O5S. The topological polar surface area (TPSA) is 84.9 Å². The average Bonchev–Trinajstić information content (AvgIpc) is 2.68. The highest BCUT2D eigenvalue weighted by Gasteiger charge is 2.30. The van der Waals surface area contributed by atoms with Gasteiger partial charge in [0.15, 0.2) is 0 Å². The number of carbonyl (C=O) groups is 1. The van der Waals surface area contributed by atoms with Gasteiger partial charge in [0.25, 0.3) is 10.0 Å². The van der Waals surface area contributed by atoms with Gasteiger partial charge in [-0.15, -0.1) is 0 Å². The fourth-order valence-corrected chi connectivity index (χ4v) is 4.44. The van der Waals surface area contributed by atoms with Gasteiger partial charge < -0.3 is 14.8 Å². The predicted octanol–water partition coefficient (Wildman–Crippen LogP) is 2.58. The van der Waals surface area contributed by atoms with Gasteiger partial charge in [-0.25, -0.2) is 8.42 Å². The van der Waals surface area contributed by atoms with Gasteiger partial charge in [0.2, 0.25) is 5.91 Å². The quantitative estimate of drug-likeness (QED) is 0.631. The smallest absolute Gasteiger partial charge is 0.268 e. The first kappa shape index (κ1) is 22.7. The van der Waals surface area contributed by atoms with Gasteiger partial charge in [0.1, 0.15) is 17.2 Å². The molecule has 2 rings (SSSR count). The second-order valence-electron chi connectivity index (χ2n) is 6.78. The zero-order chi connectivity index (χ0) is 21.6. The molecule has 0 bridgehead atoms. The van der Waals surface area contributed by atoms with Crippen LogP contribution in [0.5, 0.6) is 5.75 Å². The van der Waals surface area contributed by atoms with Crippen molar-refractivity contribution in [1.29, 1.82) is 0 Å². The molecule has 29 heavy (non-hydrogen) atoms. The number of carbonyl (C=O) groups excluding carboxylic acids is 1. The number of aryl methyl sites for hydroxylation is 3. The lowest BCUT2D eigenvalue weighted by Gasteiger charge is -2.25. The van der Waals surface area contributed by atoms with Crippen LogP contribution in [0.1, 0.15) is 16.7 Å². The third-order valence-corrected chi connectivity index (χ3v) is 6.38. The van der Waals surface area contributed by atoms with Crippen molar-refractivity contribution < 1.29 is 22.7 Å². The number of nitrogens with one attached hydrogen (secondary N) is 1. The molecule has 0 aromatic heterocycles. The summed E-state index contributed by atoms with van der Waals surface area (Å²) in [6, 6.07) is 10.2. The second-order valence-corrected chi connectivity index (χ2v) is 8.61. The van der Waals surface area contributed by atoms with Crippen molar-refractivity contribution in [1.82, 2.24) is 5.32 Å². The lowest BCUT2D eigenvalue weighted by atomic mass is 10.1. The molecule has 8 heteroatoms. The number of amides is 1. The minimum atomic E-state index is -4.06. The molecule has 0 aliphatic heterocycles. The summed E-state index contributed by atoms with van der Waals surface area (Å²) in [5.41, 5.74) is 3.15. The van der Waals surface area contributed by atoms with Crippen LogP contribution in [0, 0.1) is 20.8 Å². The van der Waals surface area contributed by atoms with Crippen molar-refractivity contribution in [2.24, 2.45) is 0 Å². The molecular weight excluding hydrogens is 392 g/mol. The van der Waals surface area contributed by atoms with Crippen LogP contribution in [0.25, 0.3) is 0 Å². The Morgan fingerprint density at radius 1 is 1.03 bits per heavy atom. The Hall–Kier alpha value is -2.58. The summed E-state index contributed by atoms with van der Waals surface area (Å²) in [5, 5.41) is 2.67. The molecule has 0 aliphatic carbocycles. The molecule has 0 spiro atoms. The fraction of sp³-hybridized carbons (Fsp3) is 0.381. The van der Waals surface area contributed by atoms with Crippen LogP contribution < -0.4 is 14.4 Å². The van der Waals surface area contributed by atoms with E-state index in [1.54, 1.807) is 37.3 Å². The molecule has 1 amide bonds. The zero-order valence-electron chi connectivity index (χ0n) is 17.5. The standard InChI is InChI=1S/C21H28N2O5S/c1-15-6-9-19(28-5)20(12-15)29(25,26)23(14-21(24)22-10-11-27-4)18-8-7-16(2)17(3)13-18/h6-9,12-13H,10-11,14H2,1-5H3,(H,22,24). The van der Waals surface area contributed by atoms with E-state index in [0.717, 1.165) is 21.0 Å². The number of methoxy groups -OCH3 is 2. The summed E-state index contributed by atoms with van der Waals surface area (Å²) in [4.78, 5) is 12.5. The summed E-state index contributed by atoms with van der Waals surface area (Å²) < 4.78 is 38.5. The van der Waals surface area contributed by atoms with Gasteiger partial charge >= 0.3 is 0 Å². The summed E-state index contributed by atoms with van der Waals surface area (Å²) in [5.74, 6) is -0.195. The SMILES string of the molecule is COCCNC(=O)CN(c1ccc(C)c(C)c1)S(=O)(=O)c1cc(C)ccc1OC. The van der Waals surface area contributed by atoms with Crippen LogP contribution in [-0.4, -0.2) is 48.2 Å². The molecule has 0 unspecified atom stereocenters. The Balaban J connectivity index is 2.52. The molecule has 0 fully saturated rings. The Morgan fingerprint density at radius 3 is 2.38 bits per heavy atom. The third-order valence-electron chi connectivity index (χ3n) is 4.58. The van der Waals surface area contributed by atoms with Crippen LogP contribution >= 0.6 is 0 Å². The van der Waals surface area contributed by atoms with E-state index in [2.05, 4.69) is 5.32 Å². The number of ether oxygens (including phenoxy) is 2. The van der Waals surface area contributed by atoms with Crippen molar-refractivity contribution in [3.8, 4) is 5.75 Å². The molecule has 0 atom stereocenters. The summed E-state index contributed by atoms with van der Waals surface area (Å²) in [7, 11) is -1.11. The average molecular weight is 421 g/mol. The number of hydrogen-bond donors (Lipinski definition) is 1. The highest BCUT2D eigenvalue weighted by Crippen LogP contribution is 2.31. The van der Waals surface area contributed by atoms with Gasteiger partial charge in [-0.2, -0.15) is 0 Å². The maximum Gasteiger partial charge on any atom is 0.268 e. The summed E-state index contributed by atoms with van der Waals surface area (Å²) in [6.45, 7) is 5.92. The number of benzene rings is 2. The van der Waals surface area contributed by atoms with Gasteiger partial charge in [-0.1, -0.05) is 12.1 Å². The zero-order valence-corrected chi connectivity index (χ0v) is 18.3. The summed E-state index contributed by atoms with van der Waals surface area (Å²) in [6.07, 6.45) is 0. The van der Waals surface area contributed by atoms with Crippen LogP contribution in [0.15, 0.2) is 41.3 Å². The number of sulfonamides is 1. The molecule has 2 aromatic rings. The van der Waals surface area contributed by atoms with E-state index < -0.39 is 15.9 Å². The lowest BCUT2D eigenvalue weighted by Crippen LogP contribution is -2.41. The number of nitrogens with zero attached hydrogens (tertiary/aromatic N) is 1. The highest BCUT2D eigenvalue weighted by atomic mass is 32.2. The number of rotatable bonds is 9. The Labute approximate surface area is 172 Å². The number of hydrogen-bond acceptors (Lipinski definition) is 5. The number of anilines is 1. The van der Waals surface area contributed by atoms with E-state index in [-0.39, 0.29) is 17.2 Å². The molecule has 0 saturated heterocycles. The van der Waals surface area contributed by atoms with E-state index in [4.69, 9.17) is 9.47 Å². The van der Waals surface area contributed by atoms with E-state index in [0.29, 0.717) is 18.8 Å². The van der Waals surface area contributed by atoms with Crippen molar-refractivity contribution in [3.63, 3.8) is 0 Å².